The monoisotopic (exact) mass is 429 g/mol. The van der Waals surface area contributed by atoms with Crippen LogP contribution in [-0.4, -0.2) is 75.7 Å². The summed E-state index contributed by atoms with van der Waals surface area (Å²) in [6, 6.07) is 4.64. The van der Waals surface area contributed by atoms with Crippen LogP contribution in [0.2, 0.25) is 0 Å². The van der Waals surface area contributed by atoms with Crippen LogP contribution < -0.4 is 10.6 Å². The van der Waals surface area contributed by atoms with Gasteiger partial charge < -0.3 is 10.6 Å². The highest BCUT2D eigenvalue weighted by molar-refractivity contribution is 7.88. The fourth-order valence-corrected chi connectivity index (χ4v) is 5.24. The molecule has 28 heavy (non-hydrogen) atoms. The van der Waals surface area contributed by atoms with E-state index in [1.165, 1.54) is 28.3 Å². The number of likely N-dealkylation sites (tertiary alicyclic amines) is 1. The van der Waals surface area contributed by atoms with E-state index < -0.39 is 10.0 Å². The number of nitrogens with one attached hydrogen (secondary N) is 2. The lowest BCUT2D eigenvalue weighted by Gasteiger charge is -2.25. The summed E-state index contributed by atoms with van der Waals surface area (Å²) in [5.74, 6) is 0.797. The first-order chi connectivity index (χ1) is 13.5. The van der Waals surface area contributed by atoms with Crippen LogP contribution in [0.3, 0.4) is 0 Å². The third-order valence-corrected chi connectivity index (χ3v) is 7.27. The molecule has 1 aliphatic heterocycles. The van der Waals surface area contributed by atoms with Crippen molar-refractivity contribution in [1.82, 2.24) is 19.8 Å². The van der Waals surface area contributed by atoms with Gasteiger partial charge in [0.05, 0.1) is 18.8 Å². The van der Waals surface area contributed by atoms with E-state index >= 15 is 0 Å². The Morgan fingerprint density at radius 3 is 2.64 bits per heavy atom. The van der Waals surface area contributed by atoms with E-state index in [1.54, 1.807) is 11.3 Å². The number of hydrogen-bond acceptors (Lipinski definition) is 5. The molecular formula is C19H35N5O2S2. The molecule has 1 aromatic rings. The first kappa shape index (κ1) is 23.1. The van der Waals surface area contributed by atoms with Gasteiger partial charge in [-0.15, -0.1) is 11.3 Å². The van der Waals surface area contributed by atoms with Crippen molar-refractivity contribution in [3.8, 4) is 0 Å². The molecule has 1 atom stereocenters. The van der Waals surface area contributed by atoms with E-state index in [2.05, 4.69) is 40.0 Å². The number of thiophene rings is 1. The van der Waals surface area contributed by atoms with Crippen molar-refractivity contribution in [2.45, 2.75) is 39.2 Å². The van der Waals surface area contributed by atoms with Gasteiger partial charge >= 0.3 is 0 Å². The molecule has 0 spiro atoms. The first-order valence-electron chi connectivity index (χ1n) is 10.2. The highest BCUT2D eigenvalue weighted by Gasteiger charge is 2.24. The molecule has 0 saturated carbocycles. The predicted octanol–water partition coefficient (Wildman–Crippen LogP) is 2.11. The highest BCUT2D eigenvalue weighted by Crippen LogP contribution is 2.28. The highest BCUT2D eigenvalue weighted by atomic mass is 32.2. The lowest BCUT2D eigenvalue weighted by Crippen LogP contribution is -2.40. The minimum Gasteiger partial charge on any atom is -0.357 e. The molecule has 0 radical (unpaired) electrons. The smallest absolute Gasteiger partial charge is 0.211 e. The number of guanidine groups is 1. The van der Waals surface area contributed by atoms with Crippen LogP contribution in [-0.2, 0) is 10.0 Å². The molecule has 0 aliphatic carbocycles. The van der Waals surface area contributed by atoms with Crippen molar-refractivity contribution in [3.63, 3.8) is 0 Å². The molecule has 2 heterocycles. The minimum absolute atomic E-state index is 0.332. The molecule has 1 aliphatic rings. The van der Waals surface area contributed by atoms with Crippen LogP contribution >= 0.6 is 11.3 Å². The topological polar surface area (TPSA) is 77.0 Å². The molecule has 160 valence electrons. The largest absolute Gasteiger partial charge is 0.357 e. The maximum absolute atomic E-state index is 11.7. The van der Waals surface area contributed by atoms with Crippen LogP contribution in [0.5, 0.6) is 0 Å². The Kier molecular flexibility index (Phi) is 9.70. The molecule has 1 unspecified atom stereocenters. The molecule has 0 amide bonds. The van der Waals surface area contributed by atoms with Gasteiger partial charge in [-0.1, -0.05) is 13.0 Å². The molecule has 7 nitrogen and oxygen atoms in total. The lowest BCUT2D eigenvalue weighted by atomic mass is 10.2. The normalized spacial score (nSPS) is 17.2. The fraction of sp³-hybridized carbons (Fsp3) is 0.737. The van der Waals surface area contributed by atoms with E-state index in [0.29, 0.717) is 25.7 Å². The maximum Gasteiger partial charge on any atom is 0.211 e. The van der Waals surface area contributed by atoms with Crippen molar-refractivity contribution in [1.29, 1.82) is 0 Å². The van der Waals surface area contributed by atoms with Crippen molar-refractivity contribution in [2.75, 3.05) is 52.1 Å². The Morgan fingerprint density at radius 1 is 1.32 bits per heavy atom. The second kappa shape index (κ2) is 11.7. The van der Waals surface area contributed by atoms with Gasteiger partial charge in [0.2, 0.25) is 10.0 Å². The Bertz CT molecular complexity index is 685. The summed E-state index contributed by atoms with van der Waals surface area (Å²) >= 11 is 1.80. The summed E-state index contributed by atoms with van der Waals surface area (Å²) in [5.41, 5.74) is 0. The van der Waals surface area contributed by atoms with Crippen LogP contribution in [0.15, 0.2) is 22.5 Å². The van der Waals surface area contributed by atoms with Crippen LogP contribution in [0.25, 0.3) is 0 Å². The van der Waals surface area contributed by atoms with Crippen LogP contribution in [0.4, 0.5) is 0 Å². The van der Waals surface area contributed by atoms with E-state index in [-0.39, 0.29) is 0 Å². The SMILES string of the molecule is CCNC(=NCC(c1cccs1)N1CCCC1)NCCCN(CC)S(C)(=O)=O. The maximum atomic E-state index is 11.7. The number of nitrogens with zero attached hydrogens (tertiary/aromatic N) is 3. The van der Waals surface area contributed by atoms with Gasteiger partial charge in [-0.25, -0.2) is 12.7 Å². The van der Waals surface area contributed by atoms with Crippen molar-refractivity contribution in [3.05, 3.63) is 22.4 Å². The van der Waals surface area contributed by atoms with Gasteiger partial charge in [-0.05, 0) is 50.7 Å². The van der Waals surface area contributed by atoms with Gasteiger partial charge in [0.15, 0.2) is 5.96 Å². The second-order valence-corrected chi connectivity index (χ2v) is 9.99. The fourth-order valence-electron chi connectivity index (χ4n) is 3.46. The number of rotatable bonds is 11. The van der Waals surface area contributed by atoms with Crippen LogP contribution in [0, 0.1) is 0 Å². The van der Waals surface area contributed by atoms with E-state index in [9.17, 15) is 8.42 Å². The zero-order valence-electron chi connectivity index (χ0n) is 17.4. The first-order valence-corrected chi connectivity index (χ1v) is 12.9. The standard InChI is InChI=1S/C19H35N5O2S2/c1-4-20-19(21-11-9-14-24(5-2)28(3,25)26)22-16-17(18-10-8-15-27-18)23-12-6-7-13-23/h8,10,15,17H,4-7,9,11-14,16H2,1-3H3,(H2,20,21,22). The summed E-state index contributed by atoms with van der Waals surface area (Å²) < 4.78 is 24.8. The molecule has 1 fully saturated rings. The van der Waals surface area contributed by atoms with Gasteiger partial charge in [-0.3, -0.25) is 9.89 Å². The zero-order valence-corrected chi connectivity index (χ0v) is 19.0. The zero-order chi connectivity index (χ0) is 20.4. The predicted molar refractivity (Wildman–Crippen MR) is 119 cm³/mol. The Morgan fingerprint density at radius 2 is 2.07 bits per heavy atom. The minimum atomic E-state index is -3.13. The number of aliphatic imine (C=N–C) groups is 1. The molecule has 0 bridgehead atoms. The third kappa shape index (κ3) is 7.35. The molecule has 9 heteroatoms. The van der Waals surface area contributed by atoms with Crippen molar-refractivity contribution >= 4 is 27.3 Å². The van der Waals surface area contributed by atoms with E-state index in [4.69, 9.17) is 4.99 Å². The van der Waals surface area contributed by atoms with Gasteiger partial charge in [0.1, 0.15) is 0 Å². The van der Waals surface area contributed by atoms with E-state index in [0.717, 1.165) is 38.6 Å². The third-order valence-electron chi connectivity index (χ3n) is 4.92. The molecule has 2 rings (SSSR count). The summed E-state index contributed by atoms with van der Waals surface area (Å²) in [4.78, 5) is 8.73. The number of hydrogen-bond donors (Lipinski definition) is 2. The van der Waals surface area contributed by atoms with Crippen molar-refractivity contribution < 1.29 is 8.42 Å². The number of sulfonamides is 1. The molecular weight excluding hydrogens is 394 g/mol. The summed E-state index contributed by atoms with van der Waals surface area (Å²) in [6.45, 7) is 9.43. The summed E-state index contributed by atoms with van der Waals surface area (Å²) in [7, 11) is -3.13. The van der Waals surface area contributed by atoms with Gasteiger partial charge in [0.25, 0.3) is 0 Å². The molecule has 2 N–H and O–H groups in total. The average Bonchev–Trinajstić information content (AvgIpc) is 3.35. The Balaban J connectivity index is 1.91. The molecule has 0 aromatic carbocycles. The van der Waals surface area contributed by atoms with Gasteiger partial charge in [-0.2, -0.15) is 0 Å². The van der Waals surface area contributed by atoms with Gasteiger partial charge in [0, 0.05) is 31.1 Å². The van der Waals surface area contributed by atoms with E-state index in [1.807, 2.05) is 6.92 Å². The summed E-state index contributed by atoms with van der Waals surface area (Å²) in [5, 5.41) is 8.77. The van der Waals surface area contributed by atoms with Crippen LogP contribution in [0.1, 0.15) is 44.0 Å². The second-order valence-electron chi connectivity index (χ2n) is 7.03. The lowest BCUT2D eigenvalue weighted by molar-refractivity contribution is 0.255. The summed E-state index contributed by atoms with van der Waals surface area (Å²) in [6.07, 6.45) is 4.53. The quantitative estimate of drug-likeness (QED) is 0.320. The van der Waals surface area contributed by atoms with Crippen molar-refractivity contribution in [2.24, 2.45) is 4.99 Å². The molecule has 1 saturated heterocycles. The Labute approximate surface area is 174 Å². The average molecular weight is 430 g/mol. The Hall–Kier alpha value is -1.16. The molecule has 1 aromatic heterocycles.